The van der Waals surface area contributed by atoms with E-state index in [-0.39, 0.29) is 17.5 Å². The first-order chi connectivity index (χ1) is 11.7. The van der Waals surface area contributed by atoms with Gasteiger partial charge in [-0.05, 0) is 18.6 Å². The molecule has 0 aliphatic carbocycles. The molecule has 3 heterocycles. The van der Waals surface area contributed by atoms with E-state index in [0.717, 1.165) is 6.42 Å². The van der Waals surface area contributed by atoms with Crippen LogP contribution < -0.4 is 0 Å². The Balaban J connectivity index is 1.51. The third-order valence-corrected chi connectivity index (χ3v) is 4.38. The number of rotatable bonds is 3. The predicted octanol–water partition coefficient (Wildman–Crippen LogP) is 3.01. The molecular formula is C16H13ClN4O3. The number of hydrogen-bond acceptors (Lipinski definition) is 6. The third-order valence-electron chi connectivity index (χ3n) is 4.05. The fraction of sp³-hybridized carbons (Fsp3) is 0.250. The summed E-state index contributed by atoms with van der Waals surface area (Å²) >= 11 is 6.13. The SMILES string of the molecule is O=C(c1coc(-c2ccccc2Cl)n1)N1CCC(c2ncon2)C1. The van der Waals surface area contributed by atoms with Crippen LogP contribution in [0.5, 0.6) is 0 Å². The first kappa shape index (κ1) is 14.9. The van der Waals surface area contributed by atoms with E-state index >= 15 is 0 Å². The van der Waals surface area contributed by atoms with Gasteiger partial charge in [0.15, 0.2) is 11.5 Å². The van der Waals surface area contributed by atoms with Crippen LogP contribution in [0.1, 0.15) is 28.7 Å². The van der Waals surface area contributed by atoms with Gasteiger partial charge in [-0.15, -0.1) is 0 Å². The van der Waals surface area contributed by atoms with Gasteiger partial charge in [-0.2, -0.15) is 4.98 Å². The molecule has 1 unspecified atom stereocenters. The third kappa shape index (κ3) is 2.67. The first-order valence-corrected chi connectivity index (χ1v) is 7.86. The number of likely N-dealkylation sites (tertiary alicyclic amines) is 1. The van der Waals surface area contributed by atoms with Gasteiger partial charge in [0.05, 0.1) is 10.6 Å². The van der Waals surface area contributed by atoms with Crippen molar-refractivity contribution >= 4 is 17.5 Å². The Kier molecular flexibility index (Phi) is 3.78. The van der Waals surface area contributed by atoms with Crippen LogP contribution in [0.25, 0.3) is 11.5 Å². The minimum Gasteiger partial charge on any atom is -0.444 e. The highest BCUT2D eigenvalue weighted by Crippen LogP contribution is 2.29. The van der Waals surface area contributed by atoms with Gasteiger partial charge >= 0.3 is 0 Å². The van der Waals surface area contributed by atoms with Gasteiger partial charge in [0.1, 0.15) is 6.26 Å². The second-order valence-corrected chi connectivity index (χ2v) is 5.95. The molecule has 7 nitrogen and oxygen atoms in total. The molecule has 3 aromatic rings. The van der Waals surface area contributed by atoms with Gasteiger partial charge in [0.25, 0.3) is 5.91 Å². The molecule has 1 saturated heterocycles. The van der Waals surface area contributed by atoms with Crippen LogP contribution in [0.3, 0.4) is 0 Å². The maximum atomic E-state index is 12.6. The number of oxazole rings is 1. The van der Waals surface area contributed by atoms with Gasteiger partial charge in [0.2, 0.25) is 12.3 Å². The number of halogens is 1. The maximum Gasteiger partial charge on any atom is 0.275 e. The number of carbonyl (C=O) groups is 1. The lowest BCUT2D eigenvalue weighted by atomic mass is 10.1. The summed E-state index contributed by atoms with van der Waals surface area (Å²) < 4.78 is 10.2. The fourth-order valence-electron chi connectivity index (χ4n) is 2.81. The Hall–Kier alpha value is -2.67. The lowest BCUT2D eigenvalue weighted by Gasteiger charge is -2.13. The number of carbonyl (C=O) groups excluding carboxylic acids is 1. The van der Waals surface area contributed by atoms with E-state index in [1.54, 1.807) is 17.0 Å². The molecule has 8 heteroatoms. The van der Waals surface area contributed by atoms with Crippen molar-refractivity contribution in [3.05, 3.63) is 53.5 Å². The zero-order valence-corrected chi connectivity index (χ0v) is 13.3. The quantitative estimate of drug-likeness (QED) is 0.726. The number of amides is 1. The molecule has 0 radical (unpaired) electrons. The molecule has 1 aromatic carbocycles. The largest absolute Gasteiger partial charge is 0.444 e. The van der Waals surface area contributed by atoms with Crippen LogP contribution in [0.2, 0.25) is 5.02 Å². The Labute approximate surface area is 142 Å². The van der Waals surface area contributed by atoms with Crippen molar-refractivity contribution in [2.75, 3.05) is 13.1 Å². The van der Waals surface area contributed by atoms with Crippen LogP contribution in [-0.2, 0) is 0 Å². The van der Waals surface area contributed by atoms with Gasteiger partial charge in [0, 0.05) is 19.0 Å². The van der Waals surface area contributed by atoms with Crippen molar-refractivity contribution in [3.63, 3.8) is 0 Å². The van der Waals surface area contributed by atoms with E-state index < -0.39 is 0 Å². The Bertz CT molecular complexity index is 862. The van der Waals surface area contributed by atoms with E-state index in [2.05, 4.69) is 15.1 Å². The molecule has 0 spiro atoms. The lowest BCUT2D eigenvalue weighted by Crippen LogP contribution is -2.28. The summed E-state index contributed by atoms with van der Waals surface area (Å²) in [5.41, 5.74) is 0.919. The van der Waals surface area contributed by atoms with Gasteiger partial charge in [-0.1, -0.05) is 28.9 Å². The molecule has 1 atom stereocenters. The number of benzene rings is 1. The molecule has 1 amide bonds. The predicted molar refractivity (Wildman–Crippen MR) is 84.5 cm³/mol. The average Bonchev–Trinajstić information content (AvgIpc) is 3.34. The highest BCUT2D eigenvalue weighted by atomic mass is 35.5. The zero-order valence-electron chi connectivity index (χ0n) is 12.6. The van der Waals surface area contributed by atoms with E-state index in [9.17, 15) is 4.79 Å². The van der Waals surface area contributed by atoms with Crippen LogP contribution >= 0.6 is 11.6 Å². The molecule has 0 bridgehead atoms. The normalized spacial score (nSPS) is 17.4. The minimum absolute atomic E-state index is 0.0858. The molecule has 1 aliphatic heterocycles. The van der Waals surface area contributed by atoms with Gasteiger partial charge < -0.3 is 13.8 Å². The van der Waals surface area contributed by atoms with Crippen LogP contribution in [0, 0.1) is 0 Å². The van der Waals surface area contributed by atoms with Crippen LogP contribution in [0.15, 0.2) is 45.9 Å². The molecule has 24 heavy (non-hydrogen) atoms. The summed E-state index contributed by atoms with van der Waals surface area (Å²) in [5, 5.41) is 4.37. The van der Waals surface area contributed by atoms with Crippen LogP contribution in [0.4, 0.5) is 0 Å². The summed E-state index contributed by atoms with van der Waals surface area (Å²) in [6.45, 7) is 1.15. The Morgan fingerprint density at radius 1 is 1.33 bits per heavy atom. The Morgan fingerprint density at radius 2 is 2.21 bits per heavy atom. The topological polar surface area (TPSA) is 85.3 Å². The molecule has 1 aliphatic rings. The second kappa shape index (κ2) is 6.09. The van der Waals surface area contributed by atoms with Crippen molar-refractivity contribution in [2.24, 2.45) is 0 Å². The van der Waals surface area contributed by atoms with E-state index in [0.29, 0.717) is 35.4 Å². The van der Waals surface area contributed by atoms with Crippen molar-refractivity contribution in [1.29, 1.82) is 0 Å². The number of nitrogens with zero attached hydrogens (tertiary/aromatic N) is 4. The van der Waals surface area contributed by atoms with Crippen molar-refractivity contribution in [1.82, 2.24) is 20.0 Å². The van der Waals surface area contributed by atoms with E-state index in [4.69, 9.17) is 20.5 Å². The summed E-state index contributed by atoms with van der Waals surface area (Å²) in [6, 6.07) is 7.20. The molecule has 4 rings (SSSR count). The highest BCUT2D eigenvalue weighted by Gasteiger charge is 2.31. The van der Waals surface area contributed by atoms with Crippen molar-refractivity contribution in [3.8, 4) is 11.5 Å². The summed E-state index contributed by atoms with van der Waals surface area (Å²) in [7, 11) is 0. The Morgan fingerprint density at radius 3 is 3.00 bits per heavy atom. The number of aromatic nitrogens is 3. The number of hydrogen-bond donors (Lipinski definition) is 0. The summed E-state index contributed by atoms with van der Waals surface area (Å²) in [5.74, 6) is 0.866. The highest BCUT2D eigenvalue weighted by molar-refractivity contribution is 6.33. The standard InChI is InChI=1S/C16H13ClN4O3/c17-12-4-2-1-3-11(12)15-19-13(8-23-15)16(22)21-6-5-10(7-21)14-18-9-24-20-14/h1-4,8-10H,5-7H2. The summed E-state index contributed by atoms with van der Waals surface area (Å²) in [6.07, 6.45) is 3.45. The lowest BCUT2D eigenvalue weighted by molar-refractivity contribution is 0.0784. The monoisotopic (exact) mass is 344 g/mol. The molecule has 0 saturated carbocycles. The van der Waals surface area contributed by atoms with Crippen molar-refractivity contribution in [2.45, 2.75) is 12.3 Å². The average molecular weight is 345 g/mol. The molecule has 0 N–H and O–H groups in total. The summed E-state index contributed by atoms with van der Waals surface area (Å²) in [4.78, 5) is 22.7. The zero-order chi connectivity index (χ0) is 16.5. The molecular weight excluding hydrogens is 332 g/mol. The maximum absolute atomic E-state index is 12.6. The fourth-order valence-corrected chi connectivity index (χ4v) is 3.02. The smallest absolute Gasteiger partial charge is 0.275 e. The second-order valence-electron chi connectivity index (χ2n) is 5.54. The minimum atomic E-state index is -0.178. The first-order valence-electron chi connectivity index (χ1n) is 7.48. The van der Waals surface area contributed by atoms with E-state index in [1.165, 1.54) is 12.7 Å². The molecule has 2 aromatic heterocycles. The van der Waals surface area contributed by atoms with Gasteiger partial charge in [-0.3, -0.25) is 4.79 Å². The molecule has 122 valence electrons. The van der Waals surface area contributed by atoms with E-state index in [1.807, 2.05) is 12.1 Å². The molecule has 1 fully saturated rings. The van der Waals surface area contributed by atoms with Gasteiger partial charge in [-0.25, -0.2) is 4.98 Å². The van der Waals surface area contributed by atoms with Crippen LogP contribution in [-0.4, -0.2) is 39.0 Å². The van der Waals surface area contributed by atoms with Crippen molar-refractivity contribution < 1.29 is 13.7 Å².